The first-order chi connectivity index (χ1) is 3.79. The van der Waals surface area contributed by atoms with Crippen LogP contribution in [-0.4, -0.2) is 21.5 Å². The standard InChI is InChI=1S/C5H10OS2/c6-4-1-2-8-5(7)3-4/h4-7H,1-3H2/t4-,5-/m1/s1. The monoisotopic (exact) mass is 150 g/mol. The summed E-state index contributed by atoms with van der Waals surface area (Å²) in [5.41, 5.74) is 0. The molecule has 1 aliphatic rings. The number of thioether (sulfide) groups is 1. The minimum absolute atomic E-state index is 0.0845. The molecular weight excluding hydrogens is 140 g/mol. The van der Waals surface area contributed by atoms with E-state index in [1.165, 1.54) is 0 Å². The van der Waals surface area contributed by atoms with Crippen LogP contribution in [0, 0.1) is 0 Å². The largest absolute Gasteiger partial charge is 0.393 e. The molecule has 1 N–H and O–H groups in total. The average Bonchev–Trinajstić information content (AvgIpc) is 1.64. The van der Waals surface area contributed by atoms with Gasteiger partial charge in [0, 0.05) is 4.58 Å². The number of aliphatic hydroxyl groups excluding tert-OH is 1. The normalized spacial score (nSPS) is 39.8. The smallest absolute Gasteiger partial charge is 0.0566 e. The van der Waals surface area contributed by atoms with E-state index in [2.05, 4.69) is 12.6 Å². The lowest BCUT2D eigenvalue weighted by Crippen LogP contribution is -2.18. The van der Waals surface area contributed by atoms with Crippen LogP contribution < -0.4 is 0 Å². The number of rotatable bonds is 0. The van der Waals surface area contributed by atoms with Crippen molar-refractivity contribution in [3.63, 3.8) is 0 Å². The van der Waals surface area contributed by atoms with Gasteiger partial charge in [-0.25, -0.2) is 0 Å². The molecule has 1 rings (SSSR count). The molecule has 0 radical (unpaired) electrons. The summed E-state index contributed by atoms with van der Waals surface area (Å²) >= 11 is 6.05. The van der Waals surface area contributed by atoms with Gasteiger partial charge in [0.15, 0.2) is 0 Å². The Labute approximate surface area is 59.3 Å². The van der Waals surface area contributed by atoms with Crippen molar-refractivity contribution in [2.45, 2.75) is 23.5 Å². The number of thiol groups is 1. The quantitative estimate of drug-likeness (QED) is 0.505. The Kier molecular flexibility index (Phi) is 2.53. The lowest BCUT2D eigenvalue weighted by molar-refractivity contribution is 0.163. The van der Waals surface area contributed by atoms with Crippen LogP contribution in [0.5, 0.6) is 0 Å². The fourth-order valence-corrected chi connectivity index (χ4v) is 2.36. The first-order valence-corrected chi connectivity index (χ1v) is 4.33. The molecule has 0 aromatic heterocycles. The second kappa shape index (κ2) is 2.99. The minimum Gasteiger partial charge on any atom is -0.393 e. The zero-order chi connectivity index (χ0) is 5.98. The van der Waals surface area contributed by atoms with E-state index in [9.17, 15) is 0 Å². The third-order valence-electron chi connectivity index (χ3n) is 1.24. The number of hydrogen-bond acceptors (Lipinski definition) is 3. The van der Waals surface area contributed by atoms with Crippen LogP contribution in [0.2, 0.25) is 0 Å². The number of aliphatic hydroxyl groups is 1. The predicted molar refractivity (Wildman–Crippen MR) is 40.5 cm³/mol. The summed E-state index contributed by atoms with van der Waals surface area (Å²) in [5.74, 6) is 1.06. The maximum Gasteiger partial charge on any atom is 0.0566 e. The molecule has 0 aromatic carbocycles. The summed E-state index contributed by atoms with van der Waals surface area (Å²) in [7, 11) is 0. The molecule has 8 heavy (non-hydrogen) atoms. The van der Waals surface area contributed by atoms with Crippen LogP contribution >= 0.6 is 24.4 Å². The predicted octanol–water partition coefficient (Wildman–Crippen LogP) is 1.13. The molecule has 0 amide bonds. The molecule has 0 spiro atoms. The highest BCUT2D eigenvalue weighted by Gasteiger charge is 2.16. The van der Waals surface area contributed by atoms with Gasteiger partial charge in [0.25, 0.3) is 0 Å². The minimum atomic E-state index is -0.0845. The molecule has 1 saturated heterocycles. The van der Waals surface area contributed by atoms with Crippen molar-refractivity contribution < 1.29 is 5.11 Å². The van der Waals surface area contributed by atoms with Crippen molar-refractivity contribution in [1.29, 1.82) is 0 Å². The molecule has 0 saturated carbocycles. The highest BCUT2D eigenvalue weighted by molar-refractivity contribution is 8.10. The molecule has 2 atom stereocenters. The van der Waals surface area contributed by atoms with Crippen molar-refractivity contribution in [1.82, 2.24) is 0 Å². The topological polar surface area (TPSA) is 20.2 Å². The second-order valence-corrected chi connectivity index (χ2v) is 4.29. The summed E-state index contributed by atoms with van der Waals surface area (Å²) in [4.78, 5) is 0. The molecule has 0 bridgehead atoms. The summed E-state index contributed by atoms with van der Waals surface area (Å²) in [6, 6.07) is 0. The van der Waals surface area contributed by atoms with Crippen molar-refractivity contribution in [3.05, 3.63) is 0 Å². The first-order valence-electron chi connectivity index (χ1n) is 2.77. The lowest BCUT2D eigenvalue weighted by atomic mass is 10.2. The Bertz CT molecular complexity index is 68.8. The van der Waals surface area contributed by atoms with Crippen LogP contribution in [0.1, 0.15) is 12.8 Å². The fourth-order valence-electron chi connectivity index (χ4n) is 0.759. The van der Waals surface area contributed by atoms with E-state index >= 15 is 0 Å². The second-order valence-electron chi connectivity index (χ2n) is 2.00. The molecule has 0 unspecified atom stereocenters. The highest BCUT2D eigenvalue weighted by Crippen LogP contribution is 2.27. The van der Waals surface area contributed by atoms with Gasteiger partial charge in [0.05, 0.1) is 6.10 Å². The van der Waals surface area contributed by atoms with Crippen molar-refractivity contribution >= 4 is 24.4 Å². The van der Waals surface area contributed by atoms with Gasteiger partial charge in [0.1, 0.15) is 0 Å². The van der Waals surface area contributed by atoms with Crippen LogP contribution in [0.25, 0.3) is 0 Å². The molecule has 3 heteroatoms. The van der Waals surface area contributed by atoms with E-state index in [0.717, 1.165) is 18.6 Å². The van der Waals surface area contributed by atoms with Crippen molar-refractivity contribution in [3.8, 4) is 0 Å². The highest BCUT2D eigenvalue weighted by atomic mass is 32.2. The van der Waals surface area contributed by atoms with E-state index in [-0.39, 0.29) is 6.10 Å². The van der Waals surface area contributed by atoms with Gasteiger partial charge in [-0.2, -0.15) is 12.6 Å². The van der Waals surface area contributed by atoms with Crippen LogP contribution in [0.15, 0.2) is 0 Å². The zero-order valence-corrected chi connectivity index (χ0v) is 6.29. The maximum absolute atomic E-state index is 9.02. The third kappa shape index (κ3) is 1.88. The Morgan fingerprint density at radius 2 is 2.38 bits per heavy atom. The summed E-state index contributed by atoms with van der Waals surface area (Å²) in [6.07, 6.45) is 1.72. The van der Waals surface area contributed by atoms with E-state index < -0.39 is 0 Å². The van der Waals surface area contributed by atoms with E-state index in [4.69, 9.17) is 5.11 Å². The molecular formula is C5H10OS2. The summed E-state index contributed by atoms with van der Waals surface area (Å²) < 4.78 is 0.374. The molecule has 1 fully saturated rings. The van der Waals surface area contributed by atoms with Crippen LogP contribution in [-0.2, 0) is 0 Å². The fraction of sp³-hybridized carbons (Fsp3) is 1.00. The van der Waals surface area contributed by atoms with Gasteiger partial charge >= 0.3 is 0 Å². The van der Waals surface area contributed by atoms with Gasteiger partial charge in [-0.1, -0.05) is 0 Å². The first kappa shape index (κ1) is 6.78. The van der Waals surface area contributed by atoms with Gasteiger partial charge in [0.2, 0.25) is 0 Å². The van der Waals surface area contributed by atoms with Crippen LogP contribution in [0.4, 0.5) is 0 Å². The lowest BCUT2D eigenvalue weighted by Gasteiger charge is -2.20. The van der Waals surface area contributed by atoms with E-state index in [1.54, 1.807) is 0 Å². The molecule has 0 aromatic rings. The Morgan fingerprint density at radius 3 is 2.75 bits per heavy atom. The molecule has 48 valence electrons. The molecule has 1 aliphatic heterocycles. The summed E-state index contributed by atoms with van der Waals surface area (Å²) in [6.45, 7) is 0. The van der Waals surface area contributed by atoms with E-state index in [1.807, 2.05) is 11.8 Å². The maximum atomic E-state index is 9.02. The zero-order valence-electron chi connectivity index (χ0n) is 4.58. The van der Waals surface area contributed by atoms with Gasteiger partial charge in [-0.05, 0) is 18.6 Å². The molecule has 1 heterocycles. The van der Waals surface area contributed by atoms with Gasteiger partial charge in [-0.15, -0.1) is 11.8 Å². The Hall–Kier alpha value is 0.660. The summed E-state index contributed by atoms with van der Waals surface area (Å²) in [5, 5.41) is 9.02. The third-order valence-corrected chi connectivity index (χ3v) is 2.94. The molecule has 0 aliphatic carbocycles. The van der Waals surface area contributed by atoms with Crippen molar-refractivity contribution in [2.75, 3.05) is 5.75 Å². The molecule has 1 nitrogen and oxygen atoms in total. The Balaban J connectivity index is 2.23. The number of hydrogen-bond donors (Lipinski definition) is 2. The Morgan fingerprint density at radius 1 is 1.62 bits per heavy atom. The van der Waals surface area contributed by atoms with E-state index in [0.29, 0.717) is 4.58 Å². The van der Waals surface area contributed by atoms with Gasteiger partial charge in [-0.3, -0.25) is 0 Å². The average molecular weight is 150 g/mol. The SMILES string of the molecule is O[C@@H]1CCS[C@@H](S)C1. The van der Waals surface area contributed by atoms with Crippen LogP contribution in [0.3, 0.4) is 0 Å². The van der Waals surface area contributed by atoms with Gasteiger partial charge < -0.3 is 5.11 Å². The van der Waals surface area contributed by atoms with Crippen molar-refractivity contribution in [2.24, 2.45) is 0 Å².